The molecule has 1 aliphatic rings. The van der Waals surface area contributed by atoms with Crippen LogP contribution in [-0.2, 0) is 6.54 Å². The van der Waals surface area contributed by atoms with Crippen molar-refractivity contribution in [3.8, 4) is 0 Å². The first-order valence-electron chi connectivity index (χ1n) is 6.84. The van der Waals surface area contributed by atoms with E-state index in [0.29, 0.717) is 12.5 Å². The lowest BCUT2D eigenvalue weighted by Gasteiger charge is -2.16. The van der Waals surface area contributed by atoms with Crippen molar-refractivity contribution in [2.75, 3.05) is 13.1 Å². The normalized spacial score (nSPS) is 23.1. The Morgan fingerprint density at radius 2 is 2.00 bits per heavy atom. The van der Waals surface area contributed by atoms with Gasteiger partial charge < -0.3 is 5.73 Å². The smallest absolute Gasteiger partial charge is 0.141 e. The maximum absolute atomic E-state index is 13.2. The van der Waals surface area contributed by atoms with Crippen LogP contribution in [-0.4, -0.2) is 29.0 Å². The minimum Gasteiger partial charge on any atom is -0.326 e. The zero-order valence-corrected chi connectivity index (χ0v) is 11.2. The number of pyridine rings is 1. The minimum atomic E-state index is -0.286. The zero-order valence-electron chi connectivity index (χ0n) is 11.2. The van der Waals surface area contributed by atoms with Gasteiger partial charge in [-0.05, 0) is 17.2 Å². The van der Waals surface area contributed by atoms with Gasteiger partial charge in [0.25, 0.3) is 0 Å². The molecule has 3 rings (SSSR count). The van der Waals surface area contributed by atoms with E-state index < -0.39 is 0 Å². The van der Waals surface area contributed by atoms with E-state index in [-0.39, 0.29) is 11.9 Å². The van der Waals surface area contributed by atoms with E-state index in [1.54, 1.807) is 6.20 Å². The molecule has 2 heterocycles. The van der Waals surface area contributed by atoms with Crippen LogP contribution in [0.5, 0.6) is 0 Å². The van der Waals surface area contributed by atoms with Gasteiger partial charge >= 0.3 is 0 Å². The highest BCUT2D eigenvalue weighted by Gasteiger charge is 2.30. The maximum atomic E-state index is 13.2. The Balaban J connectivity index is 1.69. The van der Waals surface area contributed by atoms with Crippen LogP contribution in [0.4, 0.5) is 4.39 Å². The van der Waals surface area contributed by atoms with Crippen LogP contribution in [0.3, 0.4) is 0 Å². The molecule has 2 N–H and O–H groups in total. The maximum Gasteiger partial charge on any atom is 0.141 e. The van der Waals surface area contributed by atoms with Gasteiger partial charge in [0.15, 0.2) is 0 Å². The van der Waals surface area contributed by atoms with E-state index in [2.05, 4.69) is 22.0 Å². The molecular weight excluding hydrogens is 253 g/mol. The fraction of sp³-hybridized carbons (Fsp3) is 0.312. The quantitative estimate of drug-likeness (QED) is 0.930. The van der Waals surface area contributed by atoms with Gasteiger partial charge in [0, 0.05) is 37.8 Å². The van der Waals surface area contributed by atoms with Crippen molar-refractivity contribution in [2.24, 2.45) is 5.73 Å². The first kappa shape index (κ1) is 13.2. The van der Waals surface area contributed by atoms with E-state index in [1.165, 1.54) is 17.8 Å². The minimum absolute atomic E-state index is 0.124. The van der Waals surface area contributed by atoms with Crippen LogP contribution in [0.1, 0.15) is 17.0 Å². The highest BCUT2D eigenvalue weighted by atomic mass is 19.1. The van der Waals surface area contributed by atoms with Crippen LogP contribution in [0.25, 0.3) is 0 Å². The monoisotopic (exact) mass is 271 g/mol. The summed E-state index contributed by atoms with van der Waals surface area (Å²) < 4.78 is 13.2. The molecule has 0 unspecified atom stereocenters. The van der Waals surface area contributed by atoms with E-state index in [1.807, 2.05) is 18.2 Å². The Morgan fingerprint density at radius 3 is 2.75 bits per heavy atom. The molecule has 104 valence electrons. The molecule has 1 aromatic heterocycles. The van der Waals surface area contributed by atoms with Crippen molar-refractivity contribution in [1.29, 1.82) is 0 Å². The van der Waals surface area contributed by atoms with Crippen molar-refractivity contribution in [3.63, 3.8) is 0 Å². The molecule has 1 aliphatic heterocycles. The fourth-order valence-corrected chi connectivity index (χ4v) is 2.90. The summed E-state index contributed by atoms with van der Waals surface area (Å²) in [6.45, 7) is 2.43. The highest BCUT2D eigenvalue weighted by Crippen LogP contribution is 2.27. The third-order valence-electron chi connectivity index (χ3n) is 3.84. The molecule has 20 heavy (non-hydrogen) atoms. The lowest BCUT2D eigenvalue weighted by molar-refractivity contribution is 0.323. The van der Waals surface area contributed by atoms with Crippen molar-refractivity contribution in [2.45, 2.75) is 18.5 Å². The van der Waals surface area contributed by atoms with Gasteiger partial charge in [0.2, 0.25) is 0 Å². The Morgan fingerprint density at radius 1 is 1.20 bits per heavy atom. The summed E-state index contributed by atoms with van der Waals surface area (Å²) in [5, 5.41) is 0. The second-order valence-corrected chi connectivity index (χ2v) is 5.39. The molecule has 0 bridgehead atoms. The Hall–Kier alpha value is -1.78. The standard InChI is InChI=1S/C16H18FN3/c17-14-6-12(7-19-8-14)9-20-10-15(16(18)11-20)13-4-2-1-3-5-13/h1-8,15-16H,9-11,18H2/t15-,16+/m0/s1. The van der Waals surface area contributed by atoms with E-state index >= 15 is 0 Å². The summed E-state index contributed by atoms with van der Waals surface area (Å²) in [6.07, 6.45) is 2.94. The molecule has 0 amide bonds. The predicted octanol–water partition coefficient (Wildman–Crippen LogP) is 2.15. The lowest BCUT2D eigenvalue weighted by atomic mass is 9.95. The predicted molar refractivity (Wildman–Crippen MR) is 76.6 cm³/mol. The Kier molecular flexibility index (Phi) is 3.76. The van der Waals surface area contributed by atoms with Crippen molar-refractivity contribution in [3.05, 3.63) is 65.7 Å². The van der Waals surface area contributed by atoms with Gasteiger partial charge in [-0.1, -0.05) is 30.3 Å². The molecule has 0 radical (unpaired) electrons. The average Bonchev–Trinajstić information content (AvgIpc) is 2.80. The summed E-state index contributed by atoms with van der Waals surface area (Å²) in [5.41, 5.74) is 8.43. The van der Waals surface area contributed by atoms with Gasteiger partial charge in [-0.25, -0.2) is 4.39 Å². The number of rotatable bonds is 3. The van der Waals surface area contributed by atoms with Gasteiger partial charge in [0.05, 0.1) is 6.20 Å². The summed E-state index contributed by atoms with van der Waals surface area (Å²) in [5.74, 6) is 0.0586. The lowest BCUT2D eigenvalue weighted by Crippen LogP contribution is -2.28. The zero-order chi connectivity index (χ0) is 13.9. The highest BCUT2D eigenvalue weighted by molar-refractivity contribution is 5.24. The average molecular weight is 271 g/mol. The van der Waals surface area contributed by atoms with Crippen molar-refractivity contribution in [1.82, 2.24) is 9.88 Å². The van der Waals surface area contributed by atoms with E-state index in [9.17, 15) is 4.39 Å². The molecule has 0 spiro atoms. The summed E-state index contributed by atoms with van der Waals surface area (Å²) in [4.78, 5) is 6.15. The van der Waals surface area contributed by atoms with Crippen LogP contribution >= 0.6 is 0 Å². The van der Waals surface area contributed by atoms with Crippen LogP contribution < -0.4 is 5.73 Å². The number of aromatic nitrogens is 1. The molecule has 0 saturated carbocycles. The number of hydrogen-bond donors (Lipinski definition) is 1. The van der Waals surface area contributed by atoms with Crippen molar-refractivity contribution < 1.29 is 4.39 Å². The second-order valence-electron chi connectivity index (χ2n) is 5.39. The third-order valence-corrected chi connectivity index (χ3v) is 3.84. The molecule has 2 atom stereocenters. The SMILES string of the molecule is N[C@@H]1CN(Cc2cncc(F)c2)C[C@H]1c1ccccc1. The molecule has 1 saturated heterocycles. The van der Waals surface area contributed by atoms with E-state index in [4.69, 9.17) is 5.73 Å². The van der Waals surface area contributed by atoms with Crippen molar-refractivity contribution >= 4 is 0 Å². The van der Waals surface area contributed by atoms with Crippen LogP contribution in [0.2, 0.25) is 0 Å². The number of benzene rings is 1. The molecule has 3 nitrogen and oxygen atoms in total. The Bertz CT molecular complexity index is 573. The number of nitrogens with zero attached hydrogens (tertiary/aromatic N) is 2. The molecule has 4 heteroatoms. The topological polar surface area (TPSA) is 42.1 Å². The van der Waals surface area contributed by atoms with Gasteiger partial charge in [-0.15, -0.1) is 0 Å². The first-order chi connectivity index (χ1) is 9.72. The largest absolute Gasteiger partial charge is 0.326 e. The van der Waals surface area contributed by atoms with Crippen LogP contribution in [0, 0.1) is 5.82 Å². The number of likely N-dealkylation sites (tertiary alicyclic amines) is 1. The summed E-state index contributed by atoms with van der Waals surface area (Å²) in [7, 11) is 0. The third kappa shape index (κ3) is 2.86. The molecule has 0 aliphatic carbocycles. The van der Waals surface area contributed by atoms with Crippen LogP contribution in [0.15, 0.2) is 48.8 Å². The van der Waals surface area contributed by atoms with Gasteiger partial charge in [-0.3, -0.25) is 9.88 Å². The molecule has 1 aromatic carbocycles. The fourth-order valence-electron chi connectivity index (χ4n) is 2.90. The molecule has 1 fully saturated rings. The first-order valence-corrected chi connectivity index (χ1v) is 6.84. The Labute approximate surface area is 118 Å². The summed E-state index contributed by atoms with van der Waals surface area (Å²) in [6, 6.07) is 12.0. The number of hydrogen-bond acceptors (Lipinski definition) is 3. The number of nitrogens with two attached hydrogens (primary N) is 1. The van der Waals surface area contributed by atoms with Gasteiger partial charge in [0.1, 0.15) is 5.82 Å². The molecular formula is C16H18FN3. The summed E-state index contributed by atoms with van der Waals surface area (Å²) >= 11 is 0. The molecule has 2 aromatic rings. The van der Waals surface area contributed by atoms with E-state index in [0.717, 1.165) is 18.7 Å². The number of halogens is 1. The second kappa shape index (κ2) is 5.69. The van der Waals surface area contributed by atoms with Gasteiger partial charge in [-0.2, -0.15) is 0 Å².